The minimum atomic E-state index is -3.55. The van der Waals surface area contributed by atoms with Gasteiger partial charge in [-0.05, 0) is 35.9 Å². The molecule has 0 aliphatic heterocycles. The van der Waals surface area contributed by atoms with Crippen molar-refractivity contribution in [3.8, 4) is 0 Å². The lowest BCUT2D eigenvalue weighted by molar-refractivity contribution is 0.595. The number of hydrogen-bond donors (Lipinski definition) is 1. The molecule has 0 aromatic heterocycles. The molecule has 0 saturated heterocycles. The van der Waals surface area contributed by atoms with E-state index in [1.807, 2.05) is 0 Å². The number of rotatable bonds is 3. The fourth-order valence-electron chi connectivity index (χ4n) is 1.70. The molecule has 0 unspecified atom stereocenters. The van der Waals surface area contributed by atoms with E-state index in [-0.39, 0.29) is 16.3 Å². The minimum absolute atomic E-state index is 0.103. The van der Waals surface area contributed by atoms with Gasteiger partial charge >= 0.3 is 0 Å². The van der Waals surface area contributed by atoms with Crippen LogP contribution in [0.2, 0.25) is 10.0 Å². The lowest BCUT2D eigenvalue weighted by Gasteiger charge is -2.09. The van der Waals surface area contributed by atoms with Gasteiger partial charge < -0.3 is 5.73 Å². The van der Waals surface area contributed by atoms with Gasteiger partial charge in [-0.2, -0.15) is 0 Å². The number of benzene rings is 2. The number of nitrogens with two attached hydrogens (primary N) is 1. The van der Waals surface area contributed by atoms with Crippen molar-refractivity contribution >= 4 is 38.7 Å². The first-order valence-corrected chi connectivity index (χ1v) is 7.82. The van der Waals surface area contributed by atoms with Gasteiger partial charge in [0.1, 0.15) is 0 Å². The van der Waals surface area contributed by atoms with Crippen LogP contribution >= 0.6 is 23.2 Å². The van der Waals surface area contributed by atoms with Crippen molar-refractivity contribution in [1.29, 1.82) is 0 Å². The van der Waals surface area contributed by atoms with Gasteiger partial charge in [0.25, 0.3) is 0 Å². The molecule has 0 aliphatic rings. The highest BCUT2D eigenvalue weighted by Gasteiger charge is 2.19. The monoisotopic (exact) mass is 315 g/mol. The zero-order chi connectivity index (χ0) is 14.0. The molecule has 0 amide bonds. The van der Waals surface area contributed by atoms with E-state index in [1.165, 1.54) is 6.07 Å². The third kappa shape index (κ3) is 3.21. The van der Waals surface area contributed by atoms with Crippen LogP contribution in [0.25, 0.3) is 0 Å². The molecule has 0 bridgehead atoms. The quantitative estimate of drug-likeness (QED) is 0.881. The molecule has 2 rings (SSSR count). The molecule has 0 fully saturated rings. The summed E-state index contributed by atoms with van der Waals surface area (Å²) in [4.78, 5) is 0.103. The number of hydrogen-bond acceptors (Lipinski definition) is 3. The molecule has 0 spiro atoms. The van der Waals surface area contributed by atoms with Crippen LogP contribution in [0.15, 0.2) is 47.4 Å². The van der Waals surface area contributed by atoms with Crippen molar-refractivity contribution < 1.29 is 8.42 Å². The SMILES string of the molecule is Nc1ccccc1S(=O)(=O)Cc1cc(Cl)ccc1Cl. The molecule has 100 valence electrons. The number of sulfone groups is 1. The Labute approximate surface area is 121 Å². The summed E-state index contributed by atoms with van der Waals surface area (Å²) in [6, 6.07) is 11.1. The molecule has 0 saturated carbocycles. The molecule has 2 N–H and O–H groups in total. The third-order valence-corrected chi connectivity index (χ3v) is 4.94. The van der Waals surface area contributed by atoms with Crippen molar-refractivity contribution in [3.05, 3.63) is 58.1 Å². The fraction of sp³-hybridized carbons (Fsp3) is 0.0769. The molecule has 0 aliphatic carbocycles. The van der Waals surface area contributed by atoms with Gasteiger partial charge in [0.05, 0.1) is 16.3 Å². The van der Waals surface area contributed by atoms with Crippen LogP contribution in [0, 0.1) is 0 Å². The highest BCUT2D eigenvalue weighted by atomic mass is 35.5. The summed E-state index contributed by atoms with van der Waals surface area (Å²) in [6.07, 6.45) is 0. The predicted molar refractivity (Wildman–Crippen MR) is 78.2 cm³/mol. The Hall–Kier alpha value is -1.23. The van der Waals surface area contributed by atoms with E-state index in [2.05, 4.69) is 0 Å². The first-order valence-electron chi connectivity index (χ1n) is 5.41. The summed E-state index contributed by atoms with van der Waals surface area (Å²) >= 11 is 11.8. The van der Waals surface area contributed by atoms with E-state index < -0.39 is 9.84 Å². The van der Waals surface area contributed by atoms with Crippen molar-refractivity contribution in [2.45, 2.75) is 10.6 Å². The Bertz CT molecular complexity index is 714. The van der Waals surface area contributed by atoms with Gasteiger partial charge in [-0.3, -0.25) is 0 Å². The standard InChI is InChI=1S/C13H11Cl2NO2S/c14-10-5-6-11(15)9(7-10)8-19(17,18)13-4-2-1-3-12(13)16/h1-7H,8,16H2. The van der Waals surface area contributed by atoms with Crippen molar-refractivity contribution in [1.82, 2.24) is 0 Å². The molecule has 2 aromatic rings. The normalized spacial score (nSPS) is 11.5. The maximum absolute atomic E-state index is 12.3. The zero-order valence-corrected chi connectivity index (χ0v) is 12.1. The van der Waals surface area contributed by atoms with Crippen molar-refractivity contribution in [2.75, 3.05) is 5.73 Å². The Morgan fingerprint density at radius 3 is 2.42 bits per heavy atom. The summed E-state index contributed by atoms with van der Waals surface area (Å²) < 4.78 is 24.6. The highest BCUT2D eigenvalue weighted by molar-refractivity contribution is 7.90. The third-order valence-electron chi connectivity index (χ3n) is 2.61. The topological polar surface area (TPSA) is 60.2 Å². The van der Waals surface area contributed by atoms with Gasteiger partial charge in [-0.15, -0.1) is 0 Å². The molecule has 19 heavy (non-hydrogen) atoms. The molecule has 0 radical (unpaired) electrons. The van der Waals surface area contributed by atoms with Crippen LogP contribution in [0.4, 0.5) is 5.69 Å². The Morgan fingerprint density at radius 1 is 1.05 bits per heavy atom. The van der Waals surface area contributed by atoms with Gasteiger partial charge in [-0.1, -0.05) is 35.3 Å². The summed E-state index contributed by atoms with van der Waals surface area (Å²) in [5.74, 6) is -0.236. The van der Waals surface area contributed by atoms with Crippen LogP contribution in [0.3, 0.4) is 0 Å². The molecule has 0 heterocycles. The summed E-state index contributed by atoms with van der Waals surface area (Å²) in [5.41, 5.74) is 6.37. The van der Waals surface area contributed by atoms with E-state index in [1.54, 1.807) is 36.4 Å². The van der Waals surface area contributed by atoms with E-state index in [0.717, 1.165) is 0 Å². The number of nitrogen functional groups attached to an aromatic ring is 1. The molecular formula is C13H11Cl2NO2S. The maximum atomic E-state index is 12.3. The van der Waals surface area contributed by atoms with E-state index in [9.17, 15) is 8.42 Å². The van der Waals surface area contributed by atoms with Gasteiger partial charge in [0.15, 0.2) is 9.84 Å². The number of para-hydroxylation sites is 1. The van der Waals surface area contributed by atoms with Gasteiger partial charge in [-0.25, -0.2) is 8.42 Å². The molecule has 2 aromatic carbocycles. The van der Waals surface area contributed by atoms with E-state index >= 15 is 0 Å². The molecule has 6 heteroatoms. The number of halogens is 2. The summed E-state index contributed by atoms with van der Waals surface area (Å²) in [7, 11) is -3.55. The first kappa shape index (κ1) is 14.2. The second-order valence-corrected chi connectivity index (χ2v) is 6.83. The maximum Gasteiger partial charge on any atom is 0.184 e. The largest absolute Gasteiger partial charge is 0.398 e. The van der Waals surface area contributed by atoms with Crippen LogP contribution in [0.5, 0.6) is 0 Å². The lowest BCUT2D eigenvalue weighted by atomic mass is 10.2. The second-order valence-electron chi connectivity index (χ2n) is 4.03. The molecule has 0 atom stereocenters. The first-order chi connectivity index (χ1) is 8.90. The van der Waals surface area contributed by atoms with E-state index in [0.29, 0.717) is 15.6 Å². The Morgan fingerprint density at radius 2 is 1.74 bits per heavy atom. The molecule has 3 nitrogen and oxygen atoms in total. The summed E-state index contributed by atoms with van der Waals surface area (Å²) in [6.45, 7) is 0. The van der Waals surface area contributed by atoms with Crippen LogP contribution in [-0.4, -0.2) is 8.42 Å². The Balaban J connectivity index is 2.43. The Kier molecular flexibility index (Phi) is 4.04. The lowest BCUT2D eigenvalue weighted by Crippen LogP contribution is -2.08. The average molecular weight is 316 g/mol. The summed E-state index contributed by atoms with van der Waals surface area (Å²) in [5, 5.41) is 0.804. The second kappa shape index (κ2) is 5.41. The molecular weight excluding hydrogens is 305 g/mol. The minimum Gasteiger partial charge on any atom is -0.398 e. The zero-order valence-electron chi connectivity index (χ0n) is 9.81. The highest BCUT2D eigenvalue weighted by Crippen LogP contribution is 2.27. The van der Waals surface area contributed by atoms with Crippen molar-refractivity contribution in [2.24, 2.45) is 0 Å². The van der Waals surface area contributed by atoms with Crippen molar-refractivity contribution in [3.63, 3.8) is 0 Å². The smallest absolute Gasteiger partial charge is 0.184 e. The fourth-order valence-corrected chi connectivity index (χ4v) is 3.68. The van der Waals surface area contributed by atoms with Crippen LogP contribution in [0.1, 0.15) is 5.56 Å². The van der Waals surface area contributed by atoms with Crippen LogP contribution in [-0.2, 0) is 15.6 Å². The average Bonchev–Trinajstić information content (AvgIpc) is 2.34. The predicted octanol–water partition coefficient (Wildman–Crippen LogP) is 3.55. The number of anilines is 1. The van der Waals surface area contributed by atoms with Gasteiger partial charge in [0, 0.05) is 10.0 Å². The van der Waals surface area contributed by atoms with Crippen LogP contribution < -0.4 is 5.73 Å². The van der Waals surface area contributed by atoms with Gasteiger partial charge in [0.2, 0.25) is 0 Å². The van der Waals surface area contributed by atoms with E-state index in [4.69, 9.17) is 28.9 Å².